The fourth-order valence-electron chi connectivity index (χ4n) is 1.58. The van der Waals surface area contributed by atoms with Crippen molar-refractivity contribution in [1.82, 2.24) is 4.90 Å². The molecule has 1 aromatic carbocycles. The third-order valence-electron chi connectivity index (χ3n) is 2.73. The van der Waals surface area contributed by atoms with Gasteiger partial charge in [0.1, 0.15) is 18.2 Å². The molecule has 1 aromatic rings. The average molecular weight is 286 g/mol. The molecule has 0 heterocycles. The van der Waals surface area contributed by atoms with E-state index >= 15 is 0 Å². The number of halogens is 2. The van der Waals surface area contributed by atoms with Crippen LogP contribution in [0.5, 0.6) is 0 Å². The van der Waals surface area contributed by atoms with Crippen molar-refractivity contribution in [2.45, 2.75) is 19.9 Å². The summed E-state index contributed by atoms with van der Waals surface area (Å²) in [4.78, 5) is 24.6. The van der Waals surface area contributed by atoms with E-state index in [1.165, 1.54) is 7.11 Å². The zero-order chi connectivity index (χ0) is 15.4. The number of rotatable bonds is 4. The lowest BCUT2D eigenvalue weighted by molar-refractivity contribution is -0.141. The quantitative estimate of drug-likeness (QED) is 0.673. The Kier molecular flexibility index (Phi) is 5.01. The summed E-state index contributed by atoms with van der Waals surface area (Å²) in [5.41, 5.74) is 4.60. The van der Waals surface area contributed by atoms with Gasteiger partial charge in [-0.15, -0.1) is 0 Å². The Bertz CT molecular complexity index is 533. The third kappa shape index (κ3) is 3.43. The second kappa shape index (κ2) is 6.31. The maximum atomic E-state index is 13.7. The minimum atomic E-state index is -1.03. The zero-order valence-corrected chi connectivity index (χ0v) is 11.4. The van der Waals surface area contributed by atoms with E-state index in [1.54, 1.807) is 13.8 Å². The van der Waals surface area contributed by atoms with Crippen LogP contribution in [0.25, 0.3) is 0 Å². The second-order valence-electron chi connectivity index (χ2n) is 4.46. The summed E-state index contributed by atoms with van der Waals surface area (Å²) in [5, 5.41) is 0. The molecule has 0 fully saturated rings. The number of esters is 1. The van der Waals surface area contributed by atoms with Gasteiger partial charge in [-0.1, -0.05) is 0 Å². The Morgan fingerprint density at radius 3 is 2.40 bits per heavy atom. The normalized spacial score (nSPS) is 10.5. The maximum absolute atomic E-state index is 13.7. The Morgan fingerprint density at radius 1 is 1.30 bits per heavy atom. The summed E-state index contributed by atoms with van der Waals surface area (Å²) >= 11 is 0. The first-order chi connectivity index (χ1) is 9.27. The number of anilines is 1. The number of ether oxygens (including phenoxy) is 1. The standard InChI is InChI=1S/C13H16F2N2O3/c1-7(2)17(6-12(18)20-3)13(19)8-4-11(16)10(15)5-9(8)14/h4-5,7H,6,16H2,1-3H3. The van der Waals surface area contributed by atoms with Gasteiger partial charge >= 0.3 is 5.97 Å². The summed E-state index contributed by atoms with van der Waals surface area (Å²) in [6.07, 6.45) is 0. The van der Waals surface area contributed by atoms with Gasteiger partial charge in [0.2, 0.25) is 0 Å². The first-order valence-corrected chi connectivity index (χ1v) is 5.90. The molecule has 0 spiro atoms. The lowest BCUT2D eigenvalue weighted by atomic mass is 10.1. The van der Waals surface area contributed by atoms with E-state index in [0.717, 1.165) is 11.0 Å². The fraction of sp³-hybridized carbons (Fsp3) is 0.385. The Labute approximate surface area is 115 Å². The molecule has 0 radical (unpaired) electrons. The highest BCUT2D eigenvalue weighted by molar-refractivity contribution is 5.97. The molecule has 0 bridgehead atoms. The van der Waals surface area contributed by atoms with Crippen molar-refractivity contribution in [3.05, 3.63) is 29.3 Å². The first kappa shape index (κ1) is 15.9. The number of methoxy groups -OCH3 is 1. The summed E-state index contributed by atoms with van der Waals surface area (Å²) in [7, 11) is 1.18. The van der Waals surface area contributed by atoms with Crippen LogP contribution >= 0.6 is 0 Å². The van der Waals surface area contributed by atoms with Gasteiger partial charge in [0.05, 0.1) is 18.4 Å². The summed E-state index contributed by atoms with van der Waals surface area (Å²) < 4.78 is 31.2. The number of carbonyl (C=O) groups is 2. The number of amides is 1. The van der Waals surface area contributed by atoms with Crippen LogP contribution in [0.3, 0.4) is 0 Å². The molecular formula is C13H16F2N2O3. The number of benzene rings is 1. The van der Waals surface area contributed by atoms with E-state index in [9.17, 15) is 18.4 Å². The predicted octanol–water partition coefficient (Wildman–Crippen LogP) is 1.57. The topological polar surface area (TPSA) is 72.6 Å². The summed E-state index contributed by atoms with van der Waals surface area (Å²) in [5.74, 6) is -3.36. The number of hydrogen-bond acceptors (Lipinski definition) is 4. The third-order valence-corrected chi connectivity index (χ3v) is 2.73. The van der Waals surface area contributed by atoms with Crippen LogP contribution in [0.15, 0.2) is 12.1 Å². The van der Waals surface area contributed by atoms with Crippen molar-refractivity contribution in [2.75, 3.05) is 19.4 Å². The van der Waals surface area contributed by atoms with E-state index < -0.39 is 23.5 Å². The zero-order valence-electron chi connectivity index (χ0n) is 11.4. The molecule has 0 aliphatic carbocycles. The molecule has 0 aliphatic heterocycles. The maximum Gasteiger partial charge on any atom is 0.325 e. The van der Waals surface area contributed by atoms with Gasteiger partial charge in [-0.3, -0.25) is 9.59 Å². The molecule has 0 atom stereocenters. The minimum Gasteiger partial charge on any atom is -0.468 e. The molecule has 7 heteroatoms. The summed E-state index contributed by atoms with van der Waals surface area (Å²) in [6, 6.07) is 1.09. The number of hydrogen-bond donors (Lipinski definition) is 1. The molecular weight excluding hydrogens is 270 g/mol. The van der Waals surface area contributed by atoms with Gasteiger partial charge in [0.25, 0.3) is 5.91 Å². The van der Waals surface area contributed by atoms with Crippen LogP contribution < -0.4 is 5.73 Å². The van der Waals surface area contributed by atoms with Crippen molar-refractivity contribution >= 4 is 17.6 Å². The van der Waals surface area contributed by atoms with Crippen LogP contribution in [0.1, 0.15) is 24.2 Å². The largest absolute Gasteiger partial charge is 0.468 e. The Morgan fingerprint density at radius 2 is 1.90 bits per heavy atom. The van der Waals surface area contributed by atoms with Gasteiger partial charge in [-0.05, 0) is 19.9 Å². The highest BCUT2D eigenvalue weighted by Crippen LogP contribution is 2.19. The van der Waals surface area contributed by atoms with Crippen molar-refractivity contribution in [2.24, 2.45) is 0 Å². The SMILES string of the molecule is COC(=O)CN(C(=O)c1cc(N)c(F)cc1F)C(C)C. The van der Waals surface area contributed by atoms with Crippen molar-refractivity contribution in [3.63, 3.8) is 0 Å². The van der Waals surface area contributed by atoms with Crippen LogP contribution in [-0.2, 0) is 9.53 Å². The molecule has 20 heavy (non-hydrogen) atoms. The van der Waals surface area contributed by atoms with Gasteiger partial charge < -0.3 is 15.4 Å². The lowest BCUT2D eigenvalue weighted by Crippen LogP contribution is -2.41. The van der Waals surface area contributed by atoms with E-state index in [2.05, 4.69) is 4.74 Å². The van der Waals surface area contributed by atoms with Gasteiger partial charge in [-0.25, -0.2) is 8.78 Å². The van der Waals surface area contributed by atoms with Crippen LogP contribution in [0.4, 0.5) is 14.5 Å². The highest BCUT2D eigenvalue weighted by atomic mass is 19.1. The fourth-order valence-corrected chi connectivity index (χ4v) is 1.58. The molecule has 1 rings (SSSR count). The monoisotopic (exact) mass is 286 g/mol. The van der Waals surface area contributed by atoms with E-state index in [1.807, 2.05) is 0 Å². The molecule has 110 valence electrons. The number of nitrogens with two attached hydrogens (primary N) is 1. The Balaban J connectivity index is 3.13. The van der Waals surface area contributed by atoms with Crippen molar-refractivity contribution in [1.29, 1.82) is 0 Å². The van der Waals surface area contributed by atoms with E-state index in [-0.39, 0.29) is 23.8 Å². The lowest BCUT2D eigenvalue weighted by Gasteiger charge is -2.25. The molecule has 0 saturated carbocycles. The van der Waals surface area contributed by atoms with Crippen LogP contribution in [-0.4, -0.2) is 36.5 Å². The smallest absolute Gasteiger partial charge is 0.325 e. The molecule has 0 aromatic heterocycles. The molecule has 2 N–H and O–H groups in total. The second-order valence-corrected chi connectivity index (χ2v) is 4.46. The number of nitrogens with zero attached hydrogens (tertiary/aromatic N) is 1. The molecule has 5 nitrogen and oxygen atoms in total. The van der Waals surface area contributed by atoms with Gasteiger partial charge in [-0.2, -0.15) is 0 Å². The first-order valence-electron chi connectivity index (χ1n) is 5.90. The van der Waals surface area contributed by atoms with Gasteiger partial charge in [0.15, 0.2) is 0 Å². The minimum absolute atomic E-state index is 0.330. The Hall–Kier alpha value is -2.18. The van der Waals surface area contributed by atoms with Gasteiger partial charge in [0, 0.05) is 12.1 Å². The number of carbonyl (C=O) groups excluding carboxylic acids is 2. The van der Waals surface area contributed by atoms with Crippen molar-refractivity contribution in [3.8, 4) is 0 Å². The predicted molar refractivity (Wildman–Crippen MR) is 69.0 cm³/mol. The highest BCUT2D eigenvalue weighted by Gasteiger charge is 2.25. The molecule has 0 aliphatic rings. The number of nitrogen functional groups attached to an aromatic ring is 1. The molecule has 0 saturated heterocycles. The van der Waals surface area contributed by atoms with Crippen LogP contribution in [0.2, 0.25) is 0 Å². The summed E-state index contributed by atoms with van der Waals surface area (Å²) in [6.45, 7) is 2.99. The van der Waals surface area contributed by atoms with E-state index in [0.29, 0.717) is 6.07 Å². The van der Waals surface area contributed by atoms with E-state index in [4.69, 9.17) is 5.73 Å². The average Bonchev–Trinajstić information content (AvgIpc) is 2.38. The molecule has 1 amide bonds. The van der Waals surface area contributed by atoms with Crippen molar-refractivity contribution < 1.29 is 23.1 Å². The van der Waals surface area contributed by atoms with Crippen LogP contribution in [0, 0.1) is 11.6 Å². The molecule has 0 unspecified atom stereocenters.